The smallest absolute Gasteiger partial charge is 0.390 e. The predicted octanol–water partition coefficient (Wildman–Crippen LogP) is 8.84. The Morgan fingerprint density at radius 3 is 1.86 bits per heavy atom. The van der Waals surface area contributed by atoms with E-state index in [0.29, 0.717) is 5.75 Å². The van der Waals surface area contributed by atoms with E-state index in [1.165, 1.54) is 0 Å². The second-order valence-corrected chi connectivity index (χ2v) is 9.68. The molecule has 0 unspecified atom stereocenters. The summed E-state index contributed by atoms with van der Waals surface area (Å²) >= 11 is 0. The van der Waals surface area contributed by atoms with Gasteiger partial charge in [-0.2, -0.15) is 5.10 Å². The van der Waals surface area contributed by atoms with Crippen molar-refractivity contribution in [1.29, 1.82) is 0 Å². The summed E-state index contributed by atoms with van der Waals surface area (Å²) < 4.78 is 21.2. The first-order valence-electron chi connectivity index (χ1n) is 11.7. The second-order valence-electron chi connectivity index (χ2n) is 8.69. The molecule has 5 aromatic carbocycles. The zero-order chi connectivity index (χ0) is 24.1. The van der Waals surface area contributed by atoms with Gasteiger partial charge >= 0.3 is 8.24 Å². The van der Waals surface area contributed by atoms with Crippen molar-refractivity contribution in [1.82, 2.24) is 9.78 Å². The minimum Gasteiger partial charge on any atom is -0.390 e. The van der Waals surface area contributed by atoms with Gasteiger partial charge in [-0.25, -0.2) is 0 Å². The van der Waals surface area contributed by atoms with Gasteiger partial charge in [-0.15, -0.1) is 0 Å². The van der Waals surface area contributed by atoms with E-state index < -0.39 is 8.24 Å². The molecule has 0 aliphatic carbocycles. The maximum absolute atomic E-state index is 6.49. The number of hydrogen-bond donors (Lipinski definition) is 0. The lowest BCUT2D eigenvalue weighted by molar-refractivity contribution is 0.499. The summed E-state index contributed by atoms with van der Waals surface area (Å²) in [5.74, 6) is 0.661. The summed E-state index contributed by atoms with van der Waals surface area (Å²) in [6.45, 7) is 0. The Labute approximate surface area is 207 Å². The number of aryl methyl sites for hydroxylation is 1. The first-order chi connectivity index (χ1) is 17.7. The molecule has 0 amide bonds. The van der Waals surface area contributed by atoms with Crippen LogP contribution in [0.5, 0.6) is 5.75 Å². The standard InChI is InChI=1S/C30H21N2O3P/c1-32-19-18-25(31-32)24-12-6-7-13-26(24)33-36-34-27-16-14-20-8-2-4-10-22(20)29(27)30-23-11-5-3-9-21(23)15-17-28(30)35-36/h2-19H,1H3. The van der Waals surface area contributed by atoms with E-state index in [1.54, 1.807) is 4.68 Å². The number of benzene rings is 5. The Balaban J connectivity index is 1.54. The Morgan fingerprint density at radius 1 is 0.667 bits per heavy atom. The first kappa shape index (κ1) is 20.9. The van der Waals surface area contributed by atoms with Crippen molar-refractivity contribution < 1.29 is 12.9 Å². The third-order valence-electron chi connectivity index (χ3n) is 6.43. The highest BCUT2D eigenvalue weighted by molar-refractivity contribution is 7.32. The van der Waals surface area contributed by atoms with Crippen molar-refractivity contribution >= 4 is 51.7 Å². The van der Waals surface area contributed by atoms with Gasteiger partial charge in [0, 0.05) is 29.6 Å². The zero-order valence-electron chi connectivity index (χ0n) is 19.5. The number of fused-ring (bicyclic) bond motifs is 7. The van der Waals surface area contributed by atoms with Crippen LogP contribution in [0, 0.1) is 0 Å². The summed E-state index contributed by atoms with van der Waals surface area (Å²) in [7, 11) is 0.107. The molecule has 0 radical (unpaired) electrons. The first-order valence-corrected chi connectivity index (χ1v) is 12.8. The van der Waals surface area contributed by atoms with Gasteiger partial charge in [-0.3, -0.25) is 4.68 Å². The molecule has 2 aromatic heterocycles. The molecule has 36 heavy (non-hydrogen) atoms. The summed E-state index contributed by atoms with van der Waals surface area (Å²) in [5.41, 5.74) is 3.20. The molecule has 0 saturated heterocycles. The van der Waals surface area contributed by atoms with E-state index in [-0.39, 0.29) is 0 Å². The van der Waals surface area contributed by atoms with Crippen LogP contribution in [0.2, 0.25) is 0 Å². The van der Waals surface area contributed by atoms with Gasteiger partial charge in [0.15, 0.2) is 0 Å². The summed E-state index contributed by atoms with van der Waals surface area (Å²) in [6, 6.07) is 34.7. The fourth-order valence-electron chi connectivity index (χ4n) is 4.78. The lowest BCUT2D eigenvalue weighted by atomic mass is 9.99. The molecule has 0 saturated carbocycles. The normalized spacial score (nSPS) is 11.5. The highest BCUT2D eigenvalue weighted by Crippen LogP contribution is 2.43. The van der Waals surface area contributed by atoms with Crippen LogP contribution in [-0.2, 0) is 7.05 Å². The lowest BCUT2D eigenvalue weighted by Crippen LogP contribution is -1.89. The molecule has 7 aromatic rings. The average Bonchev–Trinajstić information content (AvgIpc) is 3.27. The number of aromatic nitrogens is 2. The van der Waals surface area contributed by atoms with Crippen molar-refractivity contribution in [2.45, 2.75) is 0 Å². The van der Waals surface area contributed by atoms with Crippen molar-refractivity contribution in [2.24, 2.45) is 7.05 Å². The van der Waals surface area contributed by atoms with Crippen LogP contribution in [0.1, 0.15) is 0 Å². The van der Waals surface area contributed by atoms with E-state index in [2.05, 4.69) is 65.8 Å². The summed E-state index contributed by atoms with van der Waals surface area (Å²) in [4.78, 5) is 0. The van der Waals surface area contributed by atoms with E-state index >= 15 is 0 Å². The van der Waals surface area contributed by atoms with E-state index in [1.807, 2.05) is 55.7 Å². The Hall–Kier alpha value is -4.47. The fraction of sp³-hybridized carbons (Fsp3) is 0.0333. The Kier molecular flexibility index (Phi) is 4.83. The number of nitrogens with zero attached hydrogens (tertiary/aromatic N) is 2. The van der Waals surface area contributed by atoms with Gasteiger partial charge < -0.3 is 12.9 Å². The molecule has 2 heterocycles. The van der Waals surface area contributed by atoms with Crippen LogP contribution in [0.15, 0.2) is 118 Å². The molecule has 0 fully saturated rings. The third-order valence-corrected chi connectivity index (χ3v) is 7.46. The molecule has 0 N–H and O–H groups in total. The molecule has 0 atom stereocenters. The maximum Gasteiger partial charge on any atom is 0.453 e. The lowest BCUT2D eigenvalue weighted by Gasteiger charge is -2.06. The highest BCUT2D eigenvalue weighted by atomic mass is 31.1. The van der Waals surface area contributed by atoms with E-state index in [4.69, 9.17) is 12.9 Å². The van der Waals surface area contributed by atoms with Crippen LogP contribution in [0.4, 0.5) is 0 Å². The number of rotatable bonds is 3. The van der Waals surface area contributed by atoms with Gasteiger partial charge in [-0.05, 0) is 51.9 Å². The largest absolute Gasteiger partial charge is 0.453 e. The van der Waals surface area contributed by atoms with Gasteiger partial charge in [0.05, 0.1) is 5.69 Å². The quantitative estimate of drug-likeness (QED) is 0.249. The zero-order valence-corrected chi connectivity index (χ0v) is 20.4. The Morgan fingerprint density at radius 2 is 1.25 bits per heavy atom. The van der Waals surface area contributed by atoms with Gasteiger partial charge in [-0.1, -0.05) is 72.8 Å². The minimum absolute atomic E-state index is 0.661. The second kappa shape index (κ2) is 8.33. The van der Waals surface area contributed by atoms with Crippen LogP contribution in [-0.4, -0.2) is 9.78 Å². The van der Waals surface area contributed by atoms with Crippen LogP contribution in [0.25, 0.3) is 54.7 Å². The van der Waals surface area contributed by atoms with Crippen molar-refractivity contribution in [3.05, 3.63) is 109 Å². The van der Waals surface area contributed by atoms with Crippen LogP contribution >= 0.6 is 8.24 Å². The number of para-hydroxylation sites is 1. The molecular weight excluding hydrogens is 467 g/mol. The average molecular weight is 488 g/mol. The molecule has 174 valence electrons. The van der Waals surface area contributed by atoms with Crippen molar-refractivity contribution in [3.63, 3.8) is 0 Å². The molecule has 0 spiro atoms. The molecule has 0 bridgehead atoms. The molecule has 6 heteroatoms. The summed E-state index contributed by atoms with van der Waals surface area (Å²) in [6.07, 6.45) is 1.92. The van der Waals surface area contributed by atoms with Crippen molar-refractivity contribution in [3.8, 4) is 17.0 Å². The van der Waals surface area contributed by atoms with Crippen LogP contribution in [0.3, 0.4) is 0 Å². The number of hydrogen-bond acceptors (Lipinski definition) is 4. The monoisotopic (exact) mass is 488 g/mol. The molecule has 7 rings (SSSR count). The molecular formula is C30H21N2O3P. The Bertz CT molecular complexity index is 1860. The summed E-state index contributed by atoms with van der Waals surface area (Å²) in [5, 5.41) is 11.1. The van der Waals surface area contributed by atoms with Gasteiger partial charge in [0.1, 0.15) is 16.9 Å². The molecule has 0 aliphatic rings. The van der Waals surface area contributed by atoms with E-state index in [0.717, 1.165) is 54.7 Å². The fourth-order valence-corrected chi connectivity index (χ4v) is 5.84. The minimum atomic E-state index is -1.79. The SMILES string of the molecule is Cn1ccc(-c2ccccc2Op2oc3ccc4ccccc4c3c3c(ccc4ccccc43)o2)n1. The van der Waals surface area contributed by atoms with Crippen molar-refractivity contribution in [2.75, 3.05) is 0 Å². The van der Waals surface area contributed by atoms with Gasteiger partial charge in [0.25, 0.3) is 0 Å². The topological polar surface area (TPSA) is 53.3 Å². The predicted molar refractivity (Wildman–Crippen MR) is 146 cm³/mol. The maximum atomic E-state index is 6.49. The molecule has 0 aliphatic heterocycles. The highest BCUT2D eigenvalue weighted by Gasteiger charge is 2.16. The molecule has 5 nitrogen and oxygen atoms in total. The van der Waals surface area contributed by atoms with E-state index in [9.17, 15) is 0 Å². The van der Waals surface area contributed by atoms with Gasteiger partial charge in [0.2, 0.25) is 0 Å². The van der Waals surface area contributed by atoms with Crippen LogP contribution < -0.4 is 4.52 Å². The third kappa shape index (κ3) is 3.44.